The fourth-order valence-electron chi connectivity index (χ4n) is 2.68. The molecule has 17 heavy (non-hydrogen) atoms. The number of ether oxygens (including phenoxy) is 1. The lowest BCUT2D eigenvalue weighted by molar-refractivity contribution is 0.277. The van der Waals surface area contributed by atoms with Gasteiger partial charge in [0.25, 0.3) is 0 Å². The second-order valence-electron chi connectivity index (χ2n) is 6.47. The van der Waals surface area contributed by atoms with Gasteiger partial charge in [0, 0.05) is 0 Å². The second kappa shape index (κ2) is 5.12. The van der Waals surface area contributed by atoms with Crippen LogP contribution in [0.2, 0.25) is 0 Å². The first-order valence-electron chi connectivity index (χ1n) is 6.30. The van der Waals surface area contributed by atoms with Crippen LogP contribution in [0.15, 0.2) is 24.3 Å². The molecule has 1 radical (unpaired) electrons. The number of hydrogen-bond acceptors (Lipinski definition) is 1. The third-order valence-corrected chi connectivity index (χ3v) is 2.83. The maximum absolute atomic E-state index is 5.61. The molecule has 0 saturated heterocycles. The molecule has 0 aromatic heterocycles. The van der Waals surface area contributed by atoms with Crippen LogP contribution in [0.1, 0.15) is 53.5 Å². The molecule has 0 N–H and O–H groups in total. The SMILES string of the molecule is C[CH]Oc1ccccc1C(C)(C)CC(C)(C)C. The standard InChI is InChI=1S/C16H25O/c1-7-17-14-11-9-8-10-13(14)16(5,6)12-15(2,3)4/h7-11H,12H2,1-6H3. The zero-order chi connectivity index (χ0) is 13.1. The van der Waals surface area contributed by atoms with E-state index in [0.29, 0.717) is 5.41 Å². The van der Waals surface area contributed by atoms with Crippen molar-refractivity contribution in [2.24, 2.45) is 5.41 Å². The van der Waals surface area contributed by atoms with E-state index < -0.39 is 0 Å². The molecule has 0 aliphatic carbocycles. The Morgan fingerprint density at radius 3 is 2.18 bits per heavy atom. The summed E-state index contributed by atoms with van der Waals surface area (Å²) < 4.78 is 5.61. The molecular weight excluding hydrogens is 208 g/mol. The van der Waals surface area contributed by atoms with E-state index in [1.807, 2.05) is 19.1 Å². The molecule has 0 aliphatic heterocycles. The Morgan fingerprint density at radius 2 is 1.65 bits per heavy atom. The second-order valence-corrected chi connectivity index (χ2v) is 6.47. The molecule has 0 saturated carbocycles. The molecule has 1 nitrogen and oxygen atoms in total. The minimum absolute atomic E-state index is 0.123. The van der Waals surface area contributed by atoms with E-state index in [-0.39, 0.29) is 5.41 Å². The molecular formula is C16H25O. The van der Waals surface area contributed by atoms with Crippen molar-refractivity contribution in [3.05, 3.63) is 36.4 Å². The summed E-state index contributed by atoms with van der Waals surface area (Å²) in [4.78, 5) is 0. The summed E-state index contributed by atoms with van der Waals surface area (Å²) in [6.07, 6.45) is 1.13. The molecule has 0 heterocycles. The molecule has 1 heteroatoms. The molecule has 0 atom stereocenters. The maximum atomic E-state index is 5.61. The van der Waals surface area contributed by atoms with Crippen molar-refractivity contribution in [3.8, 4) is 5.75 Å². The molecule has 0 amide bonds. The average molecular weight is 233 g/mol. The van der Waals surface area contributed by atoms with Crippen LogP contribution in [0, 0.1) is 12.0 Å². The first-order chi connectivity index (χ1) is 7.76. The van der Waals surface area contributed by atoms with Crippen molar-refractivity contribution in [2.45, 2.75) is 53.4 Å². The first kappa shape index (κ1) is 14.1. The highest BCUT2D eigenvalue weighted by atomic mass is 16.5. The van der Waals surface area contributed by atoms with E-state index >= 15 is 0 Å². The van der Waals surface area contributed by atoms with Gasteiger partial charge in [0.1, 0.15) is 12.4 Å². The molecule has 0 spiro atoms. The Kier molecular flexibility index (Phi) is 4.24. The third-order valence-electron chi connectivity index (χ3n) is 2.83. The van der Waals surface area contributed by atoms with Gasteiger partial charge in [-0.25, -0.2) is 0 Å². The molecule has 0 fully saturated rings. The summed E-state index contributed by atoms with van der Waals surface area (Å²) in [5.41, 5.74) is 1.72. The maximum Gasteiger partial charge on any atom is 0.132 e. The minimum atomic E-state index is 0.123. The van der Waals surface area contributed by atoms with Crippen LogP contribution < -0.4 is 4.74 Å². The van der Waals surface area contributed by atoms with Gasteiger partial charge in [0.05, 0.1) is 0 Å². The minimum Gasteiger partial charge on any atom is -0.487 e. The quantitative estimate of drug-likeness (QED) is 0.714. The van der Waals surface area contributed by atoms with Gasteiger partial charge < -0.3 is 4.74 Å². The van der Waals surface area contributed by atoms with E-state index in [1.165, 1.54) is 5.56 Å². The predicted molar refractivity (Wildman–Crippen MR) is 74.1 cm³/mol. The normalized spacial score (nSPS) is 12.6. The summed E-state index contributed by atoms with van der Waals surface area (Å²) in [6.45, 7) is 15.1. The lowest BCUT2D eigenvalue weighted by Gasteiger charge is -2.34. The number of rotatable bonds is 4. The fourth-order valence-corrected chi connectivity index (χ4v) is 2.68. The van der Waals surface area contributed by atoms with Gasteiger partial charge in [0.15, 0.2) is 0 Å². The number of benzene rings is 1. The van der Waals surface area contributed by atoms with E-state index in [4.69, 9.17) is 4.74 Å². The van der Waals surface area contributed by atoms with Crippen LogP contribution >= 0.6 is 0 Å². The van der Waals surface area contributed by atoms with Crippen LogP contribution in [0.4, 0.5) is 0 Å². The van der Waals surface area contributed by atoms with Gasteiger partial charge in [0.2, 0.25) is 0 Å². The van der Waals surface area contributed by atoms with Crippen molar-refractivity contribution >= 4 is 0 Å². The Balaban J connectivity index is 3.05. The molecule has 95 valence electrons. The highest BCUT2D eigenvalue weighted by molar-refractivity contribution is 5.39. The zero-order valence-electron chi connectivity index (χ0n) is 12.0. The van der Waals surface area contributed by atoms with Gasteiger partial charge in [-0.15, -0.1) is 0 Å². The first-order valence-corrected chi connectivity index (χ1v) is 6.30. The highest BCUT2D eigenvalue weighted by Gasteiger charge is 2.29. The molecule has 1 aromatic rings. The Labute approximate surface area is 106 Å². The summed E-state index contributed by atoms with van der Waals surface area (Å²) in [6, 6.07) is 8.32. The third kappa shape index (κ3) is 4.07. The van der Waals surface area contributed by atoms with Crippen molar-refractivity contribution in [1.29, 1.82) is 0 Å². The van der Waals surface area contributed by atoms with E-state index in [1.54, 1.807) is 6.61 Å². The number of para-hydroxylation sites is 1. The number of hydrogen-bond donors (Lipinski definition) is 0. The van der Waals surface area contributed by atoms with Crippen LogP contribution in [0.3, 0.4) is 0 Å². The summed E-state index contributed by atoms with van der Waals surface area (Å²) >= 11 is 0. The van der Waals surface area contributed by atoms with Crippen LogP contribution in [-0.4, -0.2) is 0 Å². The van der Waals surface area contributed by atoms with E-state index in [2.05, 4.69) is 46.8 Å². The molecule has 1 rings (SSSR count). The monoisotopic (exact) mass is 233 g/mol. The van der Waals surface area contributed by atoms with E-state index in [9.17, 15) is 0 Å². The van der Waals surface area contributed by atoms with Crippen molar-refractivity contribution < 1.29 is 4.74 Å². The molecule has 0 unspecified atom stereocenters. The largest absolute Gasteiger partial charge is 0.487 e. The lowest BCUT2D eigenvalue weighted by atomic mass is 9.72. The van der Waals surface area contributed by atoms with Gasteiger partial charge in [-0.1, -0.05) is 52.8 Å². The molecule has 1 aromatic carbocycles. The van der Waals surface area contributed by atoms with Crippen LogP contribution in [0.5, 0.6) is 5.75 Å². The van der Waals surface area contributed by atoms with Crippen LogP contribution in [0.25, 0.3) is 0 Å². The topological polar surface area (TPSA) is 9.23 Å². The Hall–Kier alpha value is -0.980. The Bertz CT molecular complexity index is 358. The van der Waals surface area contributed by atoms with E-state index in [0.717, 1.165) is 12.2 Å². The Morgan fingerprint density at radius 1 is 1.06 bits per heavy atom. The van der Waals surface area contributed by atoms with Crippen molar-refractivity contribution in [1.82, 2.24) is 0 Å². The van der Waals surface area contributed by atoms with Gasteiger partial charge >= 0.3 is 0 Å². The van der Waals surface area contributed by atoms with Crippen molar-refractivity contribution in [3.63, 3.8) is 0 Å². The van der Waals surface area contributed by atoms with Crippen molar-refractivity contribution in [2.75, 3.05) is 0 Å². The molecule has 0 bridgehead atoms. The zero-order valence-corrected chi connectivity index (χ0v) is 12.0. The predicted octanol–water partition coefficient (Wildman–Crippen LogP) is 4.96. The summed E-state index contributed by atoms with van der Waals surface area (Å²) in [7, 11) is 0. The lowest BCUT2D eigenvalue weighted by Crippen LogP contribution is -2.25. The van der Waals surface area contributed by atoms with Gasteiger partial charge in [-0.3, -0.25) is 0 Å². The van der Waals surface area contributed by atoms with Gasteiger partial charge in [-0.05, 0) is 35.8 Å². The van der Waals surface area contributed by atoms with Gasteiger partial charge in [-0.2, -0.15) is 0 Å². The van der Waals surface area contributed by atoms with Crippen LogP contribution in [-0.2, 0) is 5.41 Å². The highest BCUT2D eigenvalue weighted by Crippen LogP contribution is 2.40. The molecule has 0 aliphatic rings. The average Bonchev–Trinajstić information content (AvgIpc) is 2.15. The fraction of sp³-hybridized carbons (Fsp3) is 0.562. The summed E-state index contributed by atoms with van der Waals surface area (Å²) in [5.74, 6) is 0.976. The summed E-state index contributed by atoms with van der Waals surface area (Å²) in [5, 5.41) is 0. The smallest absolute Gasteiger partial charge is 0.132 e.